The fourth-order valence-electron chi connectivity index (χ4n) is 2.37. The smallest absolute Gasteiger partial charge is 0.253 e. The van der Waals surface area contributed by atoms with Crippen LogP contribution in [-0.2, 0) is 7.05 Å². The van der Waals surface area contributed by atoms with Crippen molar-refractivity contribution in [3.8, 4) is 6.07 Å². The van der Waals surface area contributed by atoms with Gasteiger partial charge in [-0.1, -0.05) is 23.7 Å². The van der Waals surface area contributed by atoms with Gasteiger partial charge in [0.05, 0.1) is 28.3 Å². The molecule has 0 saturated heterocycles. The van der Waals surface area contributed by atoms with Crippen molar-refractivity contribution >= 4 is 29.3 Å². The minimum atomic E-state index is -0.269. The molecule has 8 heteroatoms. The predicted octanol–water partition coefficient (Wildman–Crippen LogP) is 3.98. The van der Waals surface area contributed by atoms with Gasteiger partial charge in [-0.25, -0.2) is 9.97 Å². The number of imidazole rings is 1. The number of amides is 1. The van der Waals surface area contributed by atoms with Crippen LogP contribution in [0.3, 0.4) is 0 Å². The number of halogens is 1. The Labute approximate surface area is 166 Å². The fourth-order valence-corrected chi connectivity index (χ4v) is 3.41. The summed E-state index contributed by atoms with van der Waals surface area (Å²) in [4.78, 5) is 21.0. The maximum Gasteiger partial charge on any atom is 0.253 e. The normalized spacial score (nSPS) is 11.6. The number of nitrogens with zero attached hydrogens (tertiary/aromatic N) is 4. The van der Waals surface area contributed by atoms with E-state index in [1.165, 1.54) is 18.0 Å². The van der Waals surface area contributed by atoms with Crippen LogP contribution >= 0.6 is 23.4 Å². The highest BCUT2D eigenvalue weighted by molar-refractivity contribution is 7.99. The maximum atomic E-state index is 12.5. The van der Waals surface area contributed by atoms with Crippen LogP contribution in [0.5, 0.6) is 0 Å². The molecule has 2 aromatic heterocycles. The van der Waals surface area contributed by atoms with E-state index in [9.17, 15) is 4.79 Å². The lowest BCUT2D eigenvalue weighted by molar-refractivity contribution is 0.0939. The van der Waals surface area contributed by atoms with Crippen molar-refractivity contribution in [3.05, 3.63) is 70.6 Å². The number of benzene rings is 1. The van der Waals surface area contributed by atoms with Gasteiger partial charge in [-0.3, -0.25) is 4.79 Å². The number of nitrogens with one attached hydrogen (secondary N) is 1. The van der Waals surface area contributed by atoms with Crippen molar-refractivity contribution in [1.82, 2.24) is 19.9 Å². The molecule has 6 nitrogen and oxygen atoms in total. The number of hydrogen-bond acceptors (Lipinski definition) is 5. The Hall–Kier alpha value is -2.82. The molecule has 0 aliphatic carbocycles. The molecule has 0 aliphatic heterocycles. The van der Waals surface area contributed by atoms with Gasteiger partial charge in [0.1, 0.15) is 5.03 Å². The van der Waals surface area contributed by atoms with E-state index in [1.807, 2.05) is 36.9 Å². The van der Waals surface area contributed by atoms with Gasteiger partial charge in [-0.2, -0.15) is 5.26 Å². The number of rotatable bonds is 5. The van der Waals surface area contributed by atoms with E-state index < -0.39 is 0 Å². The molecule has 0 aliphatic rings. The van der Waals surface area contributed by atoms with Gasteiger partial charge >= 0.3 is 0 Å². The Balaban J connectivity index is 1.70. The van der Waals surface area contributed by atoms with E-state index in [0.29, 0.717) is 21.2 Å². The first-order valence-electron chi connectivity index (χ1n) is 8.09. The number of nitriles is 1. The molecule has 136 valence electrons. The summed E-state index contributed by atoms with van der Waals surface area (Å²) >= 11 is 7.63. The third-order valence-electron chi connectivity index (χ3n) is 3.92. The lowest BCUT2D eigenvalue weighted by Gasteiger charge is -2.14. The zero-order valence-electron chi connectivity index (χ0n) is 14.7. The molecule has 0 unspecified atom stereocenters. The Morgan fingerprint density at radius 1 is 1.33 bits per heavy atom. The molecule has 2 heterocycles. The van der Waals surface area contributed by atoms with Crippen molar-refractivity contribution in [3.63, 3.8) is 0 Å². The van der Waals surface area contributed by atoms with Crippen LogP contribution in [0.15, 0.2) is 59.1 Å². The lowest BCUT2D eigenvalue weighted by atomic mass is 10.1. The van der Waals surface area contributed by atoms with Gasteiger partial charge in [-0.15, -0.1) is 0 Å². The van der Waals surface area contributed by atoms with Crippen LogP contribution < -0.4 is 5.32 Å². The molecule has 0 saturated carbocycles. The van der Waals surface area contributed by atoms with Gasteiger partial charge in [0.2, 0.25) is 0 Å². The molecular weight excluding hydrogens is 382 g/mol. The van der Waals surface area contributed by atoms with Crippen molar-refractivity contribution in [1.29, 1.82) is 5.26 Å². The van der Waals surface area contributed by atoms with Gasteiger partial charge in [0, 0.05) is 25.6 Å². The molecule has 1 amide bonds. The van der Waals surface area contributed by atoms with E-state index in [-0.39, 0.29) is 11.9 Å². The fraction of sp³-hybridized carbons (Fsp3) is 0.158. The molecule has 0 radical (unpaired) electrons. The monoisotopic (exact) mass is 397 g/mol. The Bertz CT molecular complexity index is 1010. The lowest BCUT2D eigenvalue weighted by Crippen LogP contribution is -2.26. The van der Waals surface area contributed by atoms with Gasteiger partial charge < -0.3 is 9.88 Å². The van der Waals surface area contributed by atoms with E-state index >= 15 is 0 Å². The molecule has 1 aromatic carbocycles. The second kappa shape index (κ2) is 8.25. The summed E-state index contributed by atoms with van der Waals surface area (Å²) in [6.45, 7) is 1.87. The summed E-state index contributed by atoms with van der Waals surface area (Å²) in [6, 6.07) is 10.5. The second-order valence-corrected chi connectivity index (χ2v) is 7.23. The quantitative estimate of drug-likeness (QED) is 0.703. The highest BCUT2D eigenvalue weighted by Gasteiger charge is 2.15. The van der Waals surface area contributed by atoms with Crippen molar-refractivity contribution in [2.24, 2.45) is 7.05 Å². The van der Waals surface area contributed by atoms with Crippen LogP contribution in [0.2, 0.25) is 5.02 Å². The third kappa shape index (κ3) is 4.48. The molecule has 0 fully saturated rings. The molecule has 1 atom stereocenters. The summed E-state index contributed by atoms with van der Waals surface area (Å²) in [7, 11) is 1.88. The maximum absolute atomic E-state index is 12.5. The Morgan fingerprint density at radius 2 is 2.07 bits per heavy atom. The predicted molar refractivity (Wildman–Crippen MR) is 104 cm³/mol. The Kier molecular flexibility index (Phi) is 5.79. The van der Waals surface area contributed by atoms with Crippen molar-refractivity contribution in [2.75, 3.05) is 0 Å². The van der Waals surface area contributed by atoms with Gasteiger partial charge in [0.15, 0.2) is 5.16 Å². The highest BCUT2D eigenvalue weighted by Crippen LogP contribution is 2.30. The summed E-state index contributed by atoms with van der Waals surface area (Å²) in [5, 5.41) is 13.5. The average Bonchev–Trinajstić information content (AvgIpc) is 3.08. The first kappa shape index (κ1) is 19.0. The number of hydrogen-bond donors (Lipinski definition) is 1. The molecule has 0 spiro atoms. The number of carbonyl (C=O) groups excluding carboxylic acids is 1. The first-order chi connectivity index (χ1) is 13.0. The van der Waals surface area contributed by atoms with E-state index in [1.54, 1.807) is 24.4 Å². The largest absolute Gasteiger partial charge is 0.345 e. The van der Waals surface area contributed by atoms with Crippen molar-refractivity contribution in [2.45, 2.75) is 23.1 Å². The van der Waals surface area contributed by atoms with Gasteiger partial charge in [-0.05, 0) is 42.4 Å². The Morgan fingerprint density at radius 3 is 2.67 bits per heavy atom. The van der Waals surface area contributed by atoms with Gasteiger partial charge in [0.25, 0.3) is 5.91 Å². The summed E-state index contributed by atoms with van der Waals surface area (Å²) < 4.78 is 1.86. The molecular formula is C19H16ClN5OS. The number of carbonyl (C=O) groups is 1. The van der Waals surface area contributed by atoms with Crippen LogP contribution in [0.1, 0.15) is 34.5 Å². The highest BCUT2D eigenvalue weighted by atomic mass is 35.5. The van der Waals surface area contributed by atoms with Crippen LogP contribution in [0.4, 0.5) is 0 Å². The summed E-state index contributed by atoms with van der Waals surface area (Å²) in [5.41, 5.74) is 1.86. The molecule has 1 N–H and O–H groups in total. The molecule has 3 aromatic rings. The number of aryl methyl sites for hydroxylation is 1. The zero-order valence-corrected chi connectivity index (χ0v) is 16.3. The average molecular weight is 398 g/mol. The van der Waals surface area contributed by atoms with Crippen LogP contribution in [0.25, 0.3) is 0 Å². The second-order valence-electron chi connectivity index (χ2n) is 5.86. The van der Waals surface area contributed by atoms with E-state index in [4.69, 9.17) is 16.9 Å². The number of pyridine rings is 1. The zero-order chi connectivity index (χ0) is 19.4. The third-order valence-corrected chi connectivity index (χ3v) is 5.42. The molecule has 0 bridgehead atoms. The molecule has 3 rings (SSSR count). The number of aromatic nitrogens is 3. The topological polar surface area (TPSA) is 83.6 Å². The van der Waals surface area contributed by atoms with E-state index in [0.717, 1.165) is 10.7 Å². The molecule has 27 heavy (non-hydrogen) atoms. The first-order valence-corrected chi connectivity index (χ1v) is 9.29. The standard InChI is InChI=1S/C19H16ClN5OS/c1-12(14-5-3-13(10-21)4-6-14)24-17(26)15-9-16(20)18(23-11-15)27-19-22-7-8-25(19)2/h3-9,11-12H,1-2H3,(H,24,26)/t12-/m0/s1. The van der Waals surface area contributed by atoms with Crippen molar-refractivity contribution < 1.29 is 4.79 Å². The minimum Gasteiger partial charge on any atom is -0.345 e. The van der Waals surface area contributed by atoms with Crippen LogP contribution in [0, 0.1) is 11.3 Å². The van der Waals surface area contributed by atoms with E-state index in [2.05, 4.69) is 21.4 Å². The summed E-state index contributed by atoms with van der Waals surface area (Å²) in [5.74, 6) is -0.269. The van der Waals surface area contributed by atoms with Crippen LogP contribution in [-0.4, -0.2) is 20.4 Å². The SMILES string of the molecule is C[C@H](NC(=O)c1cnc(Sc2nccn2C)c(Cl)c1)c1ccc(C#N)cc1. The minimum absolute atomic E-state index is 0.217. The summed E-state index contributed by atoms with van der Waals surface area (Å²) in [6.07, 6.45) is 5.03.